The molecule has 10 nitrogen and oxygen atoms in total. The summed E-state index contributed by atoms with van der Waals surface area (Å²) in [5, 5.41) is 21.8. The number of aliphatic imine (C=N–C) groups is 1. The van der Waals surface area contributed by atoms with Gasteiger partial charge in [-0.2, -0.15) is 4.31 Å². The SMILES string of the molecule is Cc1cc(OCCC(O)CO)ccc1C=CS(=O)(=O)N1CCC2(CC1)N=C(c1ccc(F)c(OC(F)(F)F)c1)NC2=O. The number of hydrogen-bond acceptors (Lipinski definition) is 8. The molecule has 1 fully saturated rings. The molecule has 2 aliphatic rings. The quantitative estimate of drug-likeness (QED) is 0.350. The van der Waals surface area contributed by atoms with Gasteiger partial charge in [-0.3, -0.25) is 9.79 Å². The number of rotatable bonds is 10. The van der Waals surface area contributed by atoms with Gasteiger partial charge in [0.1, 0.15) is 17.1 Å². The first kappa shape index (κ1) is 31.4. The minimum absolute atomic E-state index is 0.00778. The highest BCUT2D eigenvalue weighted by Gasteiger charge is 2.47. The van der Waals surface area contributed by atoms with Gasteiger partial charge in [-0.05, 0) is 67.3 Å². The van der Waals surface area contributed by atoms with Crippen molar-refractivity contribution in [1.29, 1.82) is 0 Å². The molecule has 0 bridgehead atoms. The molecule has 1 saturated heterocycles. The van der Waals surface area contributed by atoms with Gasteiger partial charge in [0.25, 0.3) is 5.91 Å². The van der Waals surface area contributed by atoms with Crippen molar-refractivity contribution < 1.29 is 50.5 Å². The van der Waals surface area contributed by atoms with Crippen molar-refractivity contribution in [3.63, 3.8) is 0 Å². The molecule has 1 atom stereocenters. The molecule has 2 aliphatic heterocycles. The van der Waals surface area contributed by atoms with Crippen LogP contribution < -0.4 is 14.8 Å². The zero-order valence-electron chi connectivity index (χ0n) is 22.4. The van der Waals surface area contributed by atoms with Gasteiger partial charge in [0.15, 0.2) is 11.6 Å². The van der Waals surface area contributed by atoms with E-state index in [-0.39, 0.29) is 57.0 Å². The number of sulfonamides is 1. The lowest BCUT2D eigenvalue weighted by Gasteiger charge is -2.34. The molecule has 3 N–H and O–H groups in total. The van der Waals surface area contributed by atoms with Gasteiger partial charge in [-0.25, -0.2) is 12.8 Å². The molecular weight excluding hydrogens is 586 g/mol. The predicted molar refractivity (Wildman–Crippen MR) is 144 cm³/mol. The number of amidine groups is 1. The first-order valence-corrected chi connectivity index (χ1v) is 14.4. The van der Waals surface area contributed by atoms with E-state index in [0.717, 1.165) is 29.2 Å². The summed E-state index contributed by atoms with van der Waals surface area (Å²) in [5.41, 5.74) is 0.0681. The molecule has 15 heteroatoms. The van der Waals surface area contributed by atoms with Crippen LogP contribution in [0.4, 0.5) is 17.6 Å². The Labute approximate surface area is 239 Å². The maximum absolute atomic E-state index is 13.8. The van der Waals surface area contributed by atoms with Crippen LogP contribution >= 0.6 is 0 Å². The Hall–Kier alpha value is -3.53. The first-order chi connectivity index (χ1) is 19.7. The van der Waals surface area contributed by atoms with E-state index >= 15 is 0 Å². The molecule has 4 rings (SSSR count). The highest BCUT2D eigenvalue weighted by Crippen LogP contribution is 2.34. The maximum atomic E-state index is 13.8. The number of halogens is 4. The van der Waals surface area contributed by atoms with Gasteiger partial charge in [0.2, 0.25) is 10.0 Å². The standard InChI is InChI=1S/C27H29F4N3O7S/c1-17-14-21(40-12-6-20(36)16-35)4-2-18(17)7-13-42(38,39)34-10-8-26(9-11-34)25(37)32-24(33-26)19-3-5-22(28)23(15-19)41-27(29,30)31/h2-5,7,13-15,20,35-36H,6,8-12,16H2,1H3,(H,32,33,37). The average Bonchev–Trinajstić information content (AvgIpc) is 3.23. The molecule has 0 radical (unpaired) electrons. The van der Waals surface area contributed by atoms with Crippen LogP contribution in [0.3, 0.4) is 0 Å². The van der Waals surface area contributed by atoms with Crippen LogP contribution in [0, 0.1) is 12.7 Å². The van der Waals surface area contributed by atoms with Crippen molar-refractivity contribution >= 4 is 27.8 Å². The van der Waals surface area contributed by atoms with E-state index in [1.165, 1.54) is 10.4 Å². The molecule has 0 saturated carbocycles. The van der Waals surface area contributed by atoms with Gasteiger partial charge in [0, 0.05) is 30.5 Å². The number of nitrogens with zero attached hydrogens (tertiary/aromatic N) is 2. The molecule has 2 heterocycles. The van der Waals surface area contributed by atoms with Crippen LogP contribution in [0.2, 0.25) is 0 Å². The fraction of sp³-hybridized carbons (Fsp3) is 0.407. The number of hydrogen-bond donors (Lipinski definition) is 3. The molecule has 1 spiro atoms. The van der Waals surface area contributed by atoms with Crippen molar-refractivity contribution in [2.24, 2.45) is 4.99 Å². The lowest BCUT2D eigenvalue weighted by molar-refractivity contribution is -0.275. The van der Waals surface area contributed by atoms with E-state index < -0.39 is 45.5 Å². The minimum Gasteiger partial charge on any atom is -0.493 e. The fourth-order valence-electron chi connectivity index (χ4n) is 4.53. The van der Waals surface area contributed by atoms with Crippen LogP contribution in [0.1, 0.15) is 36.0 Å². The van der Waals surface area contributed by atoms with Gasteiger partial charge in [-0.15, -0.1) is 13.2 Å². The highest BCUT2D eigenvalue weighted by atomic mass is 32.2. The zero-order valence-corrected chi connectivity index (χ0v) is 23.2. The third-order valence-corrected chi connectivity index (χ3v) is 8.48. The Morgan fingerprint density at radius 3 is 2.55 bits per heavy atom. The molecule has 0 aromatic heterocycles. The molecule has 42 heavy (non-hydrogen) atoms. The number of carbonyl (C=O) groups is 1. The summed E-state index contributed by atoms with van der Waals surface area (Å²) in [6.45, 7) is 1.55. The van der Waals surface area contributed by atoms with Gasteiger partial charge in [0.05, 0.1) is 19.3 Å². The number of aliphatic hydroxyl groups excluding tert-OH is 2. The van der Waals surface area contributed by atoms with Gasteiger partial charge < -0.3 is 25.0 Å². The van der Waals surface area contributed by atoms with Crippen LogP contribution in [0.15, 0.2) is 46.8 Å². The predicted octanol–water partition coefficient (Wildman–Crippen LogP) is 2.87. The fourth-order valence-corrected chi connectivity index (χ4v) is 5.71. The topological polar surface area (TPSA) is 138 Å². The second kappa shape index (κ2) is 12.4. The van der Waals surface area contributed by atoms with Crippen molar-refractivity contribution in [1.82, 2.24) is 9.62 Å². The van der Waals surface area contributed by atoms with Crippen molar-refractivity contribution in [2.75, 3.05) is 26.3 Å². The highest BCUT2D eigenvalue weighted by molar-refractivity contribution is 7.92. The number of benzene rings is 2. The van der Waals surface area contributed by atoms with E-state index in [2.05, 4.69) is 15.0 Å². The van der Waals surface area contributed by atoms with Crippen molar-refractivity contribution in [3.05, 3.63) is 64.3 Å². The monoisotopic (exact) mass is 615 g/mol. The lowest BCUT2D eigenvalue weighted by atomic mass is 9.89. The van der Waals surface area contributed by atoms with E-state index in [4.69, 9.17) is 9.84 Å². The van der Waals surface area contributed by atoms with Crippen molar-refractivity contribution in [2.45, 2.75) is 44.2 Å². The Balaban J connectivity index is 1.40. The van der Waals surface area contributed by atoms with E-state index in [9.17, 15) is 35.9 Å². The third kappa shape index (κ3) is 7.45. The van der Waals surface area contributed by atoms with Gasteiger partial charge >= 0.3 is 6.36 Å². The van der Waals surface area contributed by atoms with E-state index in [0.29, 0.717) is 11.3 Å². The van der Waals surface area contributed by atoms with Crippen LogP contribution in [-0.4, -0.2) is 79.0 Å². The third-order valence-electron chi connectivity index (χ3n) is 6.91. The Kier molecular flexibility index (Phi) is 9.25. The number of carbonyl (C=O) groups excluding carboxylic acids is 1. The Morgan fingerprint density at radius 1 is 1.19 bits per heavy atom. The number of amides is 1. The summed E-state index contributed by atoms with van der Waals surface area (Å²) in [5.74, 6) is -2.37. The molecule has 228 valence electrons. The number of alkyl halides is 3. The maximum Gasteiger partial charge on any atom is 0.573 e. The van der Waals surface area contributed by atoms with E-state index in [1.807, 2.05) is 0 Å². The Morgan fingerprint density at radius 2 is 1.90 bits per heavy atom. The lowest BCUT2D eigenvalue weighted by Crippen LogP contribution is -2.50. The van der Waals surface area contributed by atoms with Gasteiger partial charge in [-0.1, -0.05) is 6.07 Å². The number of ether oxygens (including phenoxy) is 2. The second-order valence-electron chi connectivity index (χ2n) is 9.88. The molecular formula is C27H29F4N3O7S. The molecule has 2 aromatic rings. The molecule has 1 amide bonds. The number of aliphatic hydroxyl groups is 2. The number of piperidine rings is 1. The largest absolute Gasteiger partial charge is 0.573 e. The Bertz CT molecular complexity index is 1490. The zero-order chi connectivity index (χ0) is 30.7. The first-order valence-electron chi connectivity index (χ1n) is 12.9. The van der Waals surface area contributed by atoms with Crippen LogP contribution in [0.25, 0.3) is 6.08 Å². The summed E-state index contributed by atoms with van der Waals surface area (Å²) in [7, 11) is -3.87. The van der Waals surface area contributed by atoms with Crippen LogP contribution in [0.5, 0.6) is 11.5 Å². The summed E-state index contributed by atoms with van der Waals surface area (Å²) in [6.07, 6.45) is -4.23. The summed E-state index contributed by atoms with van der Waals surface area (Å²) in [4.78, 5) is 17.2. The van der Waals surface area contributed by atoms with Crippen LogP contribution in [-0.2, 0) is 14.8 Å². The second-order valence-corrected chi connectivity index (χ2v) is 11.7. The van der Waals surface area contributed by atoms with E-state index in [1.54, 1.807) is 25.1 Å². The average molecular weight is 616 g/mol. The summed E-state index contributed by atoms with van der Waals surface area (Å²) in [6, 6.07) is 7.77. The van der Waals surface area contributed by atoms with Crippen molar-refractivity contribution in [3.8, 4) is 11.5 Å². The smallest absolute Gasteiger partial charge is 0.493 e. The number of aryl methyl sites for hydroxylation is 1. The number of nitrogens with one attached hydrogen (secondary N) is 1. The normalized spacial score (nSPS) is 18.3. The minimum atomic E-state index is -5.11. The summed E-state index contributed by atoms with van der Waals surface area (Å²) < 4.78 is 88.1. The molecule has 0 aliphatic carbocycles. The molecule has 1 unspecified atom stereocenters. The molecule has 2 aromatic carbocycles. The summed E-state index contributed by atoms with van der Waals surface area (Å²) >= 11 is 0.